The monoisotopic (exact) mass is 295 g/mol. The molecule has 0 atom stereocenters. The molecule has 0 aliphatic carbocycles. The number of carbonyl (C=O) groups excluding carboxylic acids is 1. The zero-order valence-electron chi connectivity index (χ0n) is 13.3. The minimum atomic E-state index is -0.225. The number of hydrogen-bond donors (Lipinski definition) is 1. The summed E-state index contributed by atoms with van der Waals surface area (Å²) in [5.41, 5.74) is 4.32. The first-order valence-corrected chi connectivity index (χ1v) is 7.57. The zero-order valence-corrected chi connectivity index (χ0v) is 13.3. The molecule has 1 aliphatic heterocycles. The second-order valence-corrected chi connectivity index (χ2v) is 6.66. The van der Waals surface area contributed by atoms with Crippen molar-refractivity contribution >= 4 is 11.7 Å². The zero-order chi connectivity index (χ0) is 15.7. The Bertz CT molecular complexity index is 689. The Morgan fingerprint density at radius 1 is 1.14 bits per heavy atom. The predicted octanol–water partition coefficient (Wildman–Crippen LogP) is 3.62. The Kier molecular flexibility index (Phi) is 3.61. The van der Waals surface area contributed by atoms with E-state index in [1.54, 1.807) is 12.4 Å². The van der Waals surface area contributed by atoms with Crippen molar-refractivity contribution in [1.82, 2.24) is 10.3 Å². The molecular weight excluding hydrogens is 274 g/mol. The largest absolute Gasteiger partial charge is 0.333 e. The summed E-state index contributed by atoms with van der Waals surface area (Å²) in [4.78, 5) is 18.3. The first-order valence-electron chi connectivity index (χ1n) is 7.57. The first-order chi connectivity index (χ1) is 10.4. The van der Waals surface area contributed by atoms with Crippen molar-refractivity contribution in [3.63, 3.8) is 0 Å². The average Bonchev–Trinajstić information content (AvgIpc) is 2.89. The molecule has 1 aromatic carbocycles. The van der Waals surface area contributed by atoms with E-state index in [1.807, 2.05) is 43.9 Å². The molecule has 0 unspecified atom stereocenters. The molecule has 22 heavy (non-hydrogen) atoms. The average molecular weight is 295 g/mol. The summed E-state index contributed by atoms with van der Waals surface area (Å²) in [6.45, 7) is 6.72. The van der Waals surface area contributed by atoms with E-state index in [2.05, 4.69) is 22.4 Å². The van der Waals surface area contributed by atoms with Gasteiger partial charge in [0.2, 0.25) is 0 Å². The van der Waals surface area contributed by atoms with Gasteiger partial charge in [0.25, 0.3) is 0 Å². The maximum atomic E-state index is 12.4. The van der Waals surface area contributed by atoms with E-state index in [1.165, 1.54) is 11.1 Å². The van der Waals surface area contributed by atoms with E-state index >= 15 is 0 Å². The van der Waals surface area contributed by atoms with Crippen LogP contribution in [0.1, 0.15) is 26.3 Å². The smallest absolute Gasteiger partial charge is 0.322 e. The number of benzene rings is 1. The molecular formula is C18H21N3O. The fourth-order valence-electron chi connectivity index (χ4n) is 2.72. The van der Waals surface area contributed by atoms with Crippen molar-refractivity contribution in [1.29, 1.82) is 0 Å². The lowest BCUT2D eigenvalue weighted by Crippen LogP contribution is -2.48. The summed E-state index contributed by atoms with van der Waals surface area (Å²) in [6, 6.07) is 10.3. The molecule has 0 saturated heterocycles. The summed E-state index contributed by atoms with van der Waals surface area (Å²) < 4.78 is 0. The van der Waals surface area contributed by atoms with Gasteiger partial charge in [0.05, 0.1) is 0 Å². The minimum absolute atomic E-state index is 0.0251. The first kappa shape index (κ1) is 14.6. The van der Waals surface area contributed by atoms with Gasteiger partial charge in [-0.25, -0.2) is 4.79 Å². The van der Waals surface area contributed by atoms with Gasteiger partial charge in [0.1, 0.15) is 0 Å². The van der Waals surface area contributed by atoms with Crippen LogP contribution in [0.5, 0.6) is 0 Å². The topological polar surface area (TPSA) is 45.2 Å². The number of rotatable bonds is 1. The fraction of sp³-hybridized carbons (Fsp3) is 0.333. The van der Waals surface area contributed by atoms with Crippen molar-refractivity contribution in [2.75, 3.05) is 11.4 Å². The lowest BCUT2D eigenvalue weighted by atomic mass is 10.0. The minimum Gasteiger partial charge on any atom is -0.333 e. The highest BCUT2D eigenvalue weighted by molar-refractivity contribution is 5.95. The number of carbonyl (C=O) groups is 1. The van der Waals surface area contributed by atoms with Crippen LogP contribution in [-0.4, -0.2) is 23.1 Å². The highest BCUT2D eigenvalue weighted by Crippen LogP contribution is 2.32. The summed E-state index contributed by atoms with van der Waals surface area (Å²) >= 11 is 0. The molecule has 114 valence electrons. The lowest BCUT2D eigenvalue weighted by Gasteiger charge is -2.26. The van der Waals surface area contributed by atoms with Gasteiger partial charge in [-0.05, 0) is 68.1 Å². The molecule has 2 heterocycles. The second kappa shape index (κ2) is 5.44. The predicted molar refractivity (Wildman–Crippen MR) is 89.0 cm³/mol. The number of nitrogens with one attached hydrogen (secondary N) is 1. The fourth-order valence-corrected chi connectivity index (χ4v) is 2.72. The van der Waals surface area contributed by atoms with Gasteiger partial charge in [0, 0.05) is 30.2 Å². The Balaban J connectivity index is 1.86. The van der Waals surface area contributed by atoms with Crippen LogP contribution in [0.25, 0.3) is 11.1 Å². The molecule has 0 spiro atoms. The summed E-state index contributed by atoms with van der Waals surface area (Å²) in [5.74, 6) is 0. The van der Waals surface area contributed by atoms with E-state index < -0.39 is 0 Å². The van der Waals surface area contributed by atoms with Crippen molar-refractivity contribution in [2.45, 2.75) is 32.7 Å². The SMILES string of the molecule is CC(C)(C)NC(=O)N1CCc2cc(-c3ccncc3)ccc21. The molecule has 0 saturated carbocycles. The van der Waals surface area contributed by atoms with Crippen LogP contribution in [0.3, 0.4) is 0 Å². The number of pyridine rings is 1. The summed E-state index contributed by atoms with van der Waals surface area (Å²) in [7, 11) is 0. The highest BCUT2D eigenvalue weighted by Gasteiger charge is 2.27. The summed E-state index contributed by atoms with van der Waals surface area (Å²) in [6.07, 6.45) is 4.49. The number of aromatic nitrogens is 1. The second-order valence-electron chi connectivity index (χ2n) is 6.66. The Morgan fingerprint density at radius 3 is 2.55 bits per heavy atom. The highest BCUT2D eigenvalue weighted by atomic mass is 16.2. The van der Waals surface area contributed by atoms with Crippen molar-refractivity contribution < 1.29 is 4.79 Å². The molecule has 1 N–H and O–H groups in total. The molecule has 1 aliphatic rings. The van der Waals surface area contributed by atoms with E-state index in [-0.39, 0.29) is 11.6 Å². The third kappa shape index (κ3) is 2.96. The van der Waals surface area contributed by atoms with E-state index in [0.717, 1.165) is 24.2 Å². The number of fused-ring (bicyclic) bond motifs is 1. The molecule has 0 radical (unpaired) electrons. The lowest BCUT2D eigenvalue weighted by molar-refractivity contribution is 0.238. The van der Waals surface area contributed by atoms with Crippen LogP contribution >= 0.6 is 0 Å². The number of nitrogens with zero attached hydrogens (tertiary/aromatic N) is 2. The van der Waals surface area contributed by atoms with Crippen molar-refractivity contribution in [3.8, 4) is 11.1 Å². The van der Waals surface area contributed by atoms with Gasteiger partial charge in [0.15, 0.2) is 0 Å². The maximum Gasteiger partial charge on any atom is 0.322 e. The summed E-state index contributed by atoms with van der Waals surface area (Å²) in [5, 5.41) is 3.03. The molecule has 4 heteroatoms. The molecule has 3 rings (SSSR count). The van der Waals surface area contributed by atoms with Crippen LogP contribution < -0.4 is 10.2 Å². The number of anilines is 1. The van der Waals surface area contributed by atoms with Crippen LogP contribution in [0.15, 0.2) is 42.7 Å². The Labute approximate surface area is 131 Å². The molecule has 2 aromatic rings. The van der Waals surface area contributed by atoms with Gasteiger partial charge in [-0.3, -0.25) is 9.88 Å². The molecule has 0 bridgehead atoms. The van der Waals surface area contributed by atoms with Crippen LogP contribution in [0, 0.1) is 0 Å². The van der Waals surface area contributed by atoms with Gasteiger partial charge in [-0.15, -0.1) is 0 Å². The number of amides is 2. The Hall–Kier alpha value is -2.36. The van der Waals surface area contributed by atoms with Crippen LogP contribution in [0.4, 0.5) is 10.5 Å². The van der Waals surface area contributed by atoms with E-state index in [9.17, 15) is 4.79 Å². The van der Waals surface area contributed by atoms with E-state index in [0.29, 0.717) is 0 Å². The number of urea groups is 1. The van der Waals surface area contributed by atoms with Gasteiger partial charge in [-0.2, -0.15) is 0 Å². The Morgan fingerprint density at radius 2 is 1.86 bits per heavy atom. The van der Waals surface area contributed by atoms with Crippen LogP contribution in [-0.2, 0) is 6.42 Å². The van der Waals surface area contributed by atoms with Gasteiger partial charge in [-0.1, -0.05) is 6.07 Å². The molecule has 2 amide bonds. The third-order valence-electron chi connectivity index (χ3n) is 3.72. The molecule has 0 fully saturated rings. The quantitative estimate of drug-likeness (QED) is 0.873. The third-order valence-corrected chi connectivity index (χ3v) is 3.72. The van der Waals surface area contributed by atoms with Crippen LogP contribution in [0.2, 0.25) is 0 Å². The molecule has 1 aromatic heterocycles. The van der Waals surface area contributed by atoms with E-state index in [4.69, 9.17) is 0 Å². The standard InChI is InChI=1S/C18H21N3O/c1-18(2,3)20-17(22)21-11-8-15-12-14(4-5-16(15)21)13-6-9-19-10-7-13/h4-7,9-10,12H,8,11H2,1-3H3,(H,20,22). The van der Waals surface area contributed by atoms with Crippen molar-refractivity contribution in [2.24, 2.45) is 0 Å². The number of hydrogen-bond acceptors (Lipinski definition) is 2. The normalized spacial score (nSPS) is 13.9. The van der Waals surface area contributed by atoms with Gasteiger partial charge >= 0.3 is 6.03 Å². The maximum absolute atomic E-state index is 12.4. The van der Waals surface area contributed by atoms with Crippen molar-refractivity contribution in [3.05, 3.63) is 48.3 Å². The van der Waals surface area contributed by atoms with Gasteiger partial charge < -0.3 is 5.32 Å². The molecule has 4 nitrogen and oxygen atoms in total.